The van der Waals surface area contributed by atoms with Crippen molar-refractivity contribution in [1.82, 2.24) is 9.66 Å². The maximum Gasteiger partial charge on any atom is 0.349 e. The Labute approximate surface area is 190 Å². The van der Waals surface area contributed by atoms with Crippen molar-refractivity contribution in [1.29, 1.82) is 0 Å². The zero-order valence-electron chi connectivity index (χ0n) is 16.4. The Kier molecular flexibility index (Phi) is 6.06. The number of fused-ring (bicyclic) bond motifs is 1. The highest BCUT2D eigenvalue weighted by Gasteiger charge is 2.10. The summed E-state index contributed by atoms with van der Waals surface area (Å²) in [5.74, 6) is 0.500. The van der Waals surface area contributed by atoms with Crippen LogP contribution in [-0.2, 0) is 6.61 Å². The van der Waals surface area contributed by atoms with Gasteiger partial charge in [-0.1, -0.05) is 53.6 Å². The van der Waals surface area contributed by atoms with Gasteiger partial charge in [-0.3, -0.25) is 4.79 Å². The van der Waals surface area contributed by atoms with E-state index >= 15 is 0 Å². The van der Waals surface area contributed by atoms with Gasteiger partial charge < -0.3 is 9.72 Å². The first-order valence-electron chi connectivity index (χ1n) is 9.38. The maximum absolute atomic E-state index is 12.6. The van der Waals surface area contributed by atoms with E-state index in [0.717, 1.165) is 10.2 Å². The molecular formula is C23H17BrClN3O3. The first kappa shape index (κ1) is 21.1. The average molecular weight is 499 g/mol. The van der Waals surface area contributed by atoms with Gasteiger partial charge in [-0.2, -0.15) is 5.10 Å². The summed E-state index contributed by atoms with van der Waals surface area (Å²) in [5, 5.41) is 4.81. The number of nitrogens with zero attached hydrogens (tertiary/aromatic N) is 2. The van der Waals surface area contributed by atoms with Crippen molar-refractivity contribution in [3.8, 4) is 5.75 Å². The summed E-state index contributed by atoms with van der Waals surface area (Å²) >= 11 is 9.86. The number of nitrogens with one attached hydrogen (secondary N) is 1. The second kappa shape index (κ2) is 8.91. The third-order valence-corrected chi connectivity index (χ3v) is 5.50. The van der Waals surface area contributed by atoms with Crippen molar-refractivity contribution in [2.45, 2.75) is 13.5 Å². The summed E-state index contributed by atoms with van der Waals surface area (Å²) in [5.41, 5.74) is 2.14. The molecule has 0 saturated heterocycles. The lowest BCUT2D eigenvalue weighted by Crippen LogP contribution is -2.32. The van der Waals surface area contributed by atoms with Gasteiger partial charge in [0.05, 0.1) is 26.6 Å². The molecule has 0 bridgehead atoms. The molecule has 0 aliphatic heterocycles. The molecule has 6 nitrogen and oxygen atoms in total. The van der Waals surface area contributed by atoms with Gasteiger partial charge >= 0.3 is 5.69 Å². The molecule has 0 aliphatic carbocycles. The quantitative estimate of drug-likeness (QED) is 0.399. The predicted molar refractivity (Wildman–Crippen MR) is 126 cm³/mol. The molecular weight excluding hydrogens is 482 g/mol. The van der Waals surface area contributed by atoms with E-state index < -0.39 is 11.2 Å². The Morgan fingerprint density at radius 2 is 1.87 bits per heavy atom. The molecule has 0 aliphatic rings. The van der Waals surface area contributed by atoms with Crippen LogP contribution < -0.4 is 16.0 Å². The minimum Gasteiger partial charge on any atom is -0.486 e. The van der Waals surface area contributed by atoms with E-state index in [4.69, 9.17) is 16.3 Å². The monoisotopic (exact) mass is 497 g/mol. The van der Waals surface area contributed by atoms with E-state index in [2.05, 4.69) is 26.0 Å². The summed E-state index contributed by atoms with van der Waals surface area (Å²) < 4.78 is 7.28. The number of rotatable bonds is 5. The second-order valence-corrected chi connectivity index (χ2v) is 8.19. The second-order valence-electron chi connectivity index (χ2n) is 6.93. The molecule has 0 unspecified atom stereocenters. The first-order valence-corrected chi connectivity index (χ1v) is 10.6. The van der Waals surface area contributed by atoms with Crippen LogP contribution in [0, 0.1) is 6.92 Å². The zero-order chi connectivity index (χ0) is 22.0. The number of hydrogen-bond donors (Lipinski definition) is 1. The Morgan fingerprint density at radius 3 is 2.61 bits per heavy atom. The fraction of sp³-hybridized carbons (Fsp3) is 0.0870. The SMILES string of the molecule is Cc1ccc(COc2c(Cl)cc(C=Nn3c(=O)[nH]c4ccccc4c3=O)cc2Br)cc1. The number of aromatic nitrogens is 2. The van der Waals surface area contributed by atoms with E-state index in [1.54, 1.807) is 36.4 Å². The minimum atomic E-state index is -0.622. The summed E-state index contributed by atoms with van der Waals surface area (Å²) in [6.45, 7) is 2.39. The molecule has 3 aromatic carbocycles. The molecule has 0 radical (unpaired) electrons. The van der Waals surface area contributed by atoms with E-state index in [9.17, 15) is 9.59 Å². The van der Waals surface area contributed by atoms with Crippen LogP contribution in [-0.4, -0.2) is 15.9 Å². The number of aromatic amines is 1. The zero-order valence-corrected chi connectivity index (χ0v) is 18.8. The highest BCUT2D eigenvalue weighted by molar-refractivity contribution is 9.10. The smallest absolute Gasteiger partial charge is 0.349 e. The Bertz CT molecular complexity index is 1390. The van der Waals surface area contributed by atoms with E-state index in [-0.39, 0.29) is 0 Å². The van der Waals surface area contributed by atoms with Gasteiger partial charge in [-0.15, -0.1) is 4.68 Å². The largest absolute Gasteiger partial charge is 0.486 e. The van der Waals surface area contributed by atoms with Crippen LogP contribution in [0.25, 0.3) is 10.9 Å². The molecule has 31 heavy (non-hydrogen) atoms. The molecule has 4 rings (SSSR count). The molecule has 1 aromatic heterocycles. The van der Waals surface area contributed by atoms with Gasteiger partial charge in [-0.25, -0.2) is 4.79 Å². The van der Waals surface area contributed by atoms with Gasteiger partial charge in [0.15, 0.2) is 5.75 Å². The number of H-pyrrole nitrogens is 1. The minimum absolute atomic E-state index is 0.369. The van der Waals surface area contributed by atoms with Gasteiger partial charge in [0, 0.05) is 0 Å². The van der Waals surface area contributed by atoms with Crippen molar-refractivity contribution in [3.63, 3.8) is 0 Å². The molecule has 0 atom stereocenters. The lowest BCUT2D eigenvalue weighted by Gasteiger charge is -2.11. The molecule has 0 spiro atoms. The van der Waals surface area contributed by atoms with E-state index in [1.807, 2.05) is 31.2 Å². The van der Waals surface area contributed by atoms with Gasteiger partial charge in [0.25, 0.3) is 5.56 Å². The normalized spacial score (nSPS) is 11.3. The van der Waals surface area contributed by atoms with Gasteiger partial charge in [-0.05, 0) is 58.2 Å². The van der Waals surface area contributed by atoms with Crippen LogP contribution in [0.15, 0.2) is 79.8 Å². The third kappa shape index (κ3) is 4.62. The molecule has 8 heteroatoms. The predicted octanol–water partition coefficient (Wildman–Crippen LogP) is 4.88. The van der Waals surface area contributed by atoms with Crippen LogP contribution in [0.4, 0.5) is 0 Å². The maximum atomic E-state index is 12.6. The number of ether oxygens (including phenoxy) is 1. The van der Waals surface area contributed by atoms with Crippen LogP contribution in [0.3, 0.4) is 0 Å². The van der Waals surface area contributed by atoms with E-state index in [0.29, 0.717) is 38.3 Å². The molecule has 1 heterocycles. The lowest BCUT2D eigenvalue weighted by molar-refractivity contribution is 0.304. The highest BCUT2D eigenvalue weighted by Crippen LogP contribution is 2.34. The summed E-state index contributed by atoms with van der Waals surface area (Å²) in [7, 11) is 0. The van der Waals surface area contributed by atoms with Gasteiger partial charge in [0.1, 0.15) is 6.61 Å². The Balaban J connectivity index is 1.59. The van der Waals surface area contributed by atoms with Crippen molar-refractivity contribution < 1.29 is 4.74 Å². The fourth-order valence-electron chi connectivity index (χ4n) is 3.01. The van der Waals surface area contributed by atoms with Crippen molar-refractivity contribution in [3.05, 3.63) is 108 Å². The molecule has 1 N–H and O–H groups in total. The molecule has 0 fully saturated rings. The van der Waals surface area contributed by atoms with Crippen molar-refractivity contribution >= 4 is 44.6 Å². The lowest BCUT2D eigenvalue weighted by atomic mass is 10.2. The van der Waals surface area contributed by atoms with E-state index in [1.165, 1.54) is 11.8 Å². The fourth-order valence-corrected chi connectivity index (χ4v) is 4.00. The standard InChI is InChI=1S/C23H17BrClN3O3/c1-14-6-8-15(9-7-14)13-31-21-18(24)10-16(11-19(21)25)12-26-28-22(29)17-4-2-3-5-20(17)27-23(28)30/h2-12H,13H2,1H3,(H,27,30). The van der Waals surface area contributed by atoms with Crippen molar-refractivity contribution in [2.24, 2.45) is 5.10 Å². The first-order chi connectivity index (χ1) is 14.9. The topological polar surface area (TPSA) is 76.5 Å². The van der Waals surface area contributed by atoms with Crippen LogP contribution >= 0.6 is 27.5 Å². The van der Waals surface area contributed by atoms with Crippen LogP contribution in [0.2, 0.25) is 5.02 Å². The van der Waals surface area contributed by atoms with Crippen molar-refractivity contribution in [2.75, 3.05) is 0 Å². The number of para-hydroxylation sites is 1. The summed E-state index contributed by atoms with van der Waals surface area (Å²) in [4.78, 5) is 27.5. The molecule has 0 amide bonds. The third-order valence-electron chi connectivity index (χ3n) is 4.63. The highest BCUT2D eigenvalue weighted by atomic mass is 79.9. The molecule has 156 valence electrons. The Hall–Kier alpha value is -3.16. The van der Waals surface area contributed by atoms with Crippen LogP contribution in [0.5, 0.6) is 5.75 Å². The number of halogens is 2. The van der Waals surface area contributed by atoms with Gasteiger partial charge in [0.2, 0.25) is 0 Å². The number of benzene rings is 3. The Morgan fingerprint density at radius 1 is 1.13 bits per heavy atom. The summed E-state index contributed by atoms with van der Waals surface area (Å²) in [6.07, 6.45) is 1.39. The number of aryl methyl sites for hydroxylation is 1. The number of hydrogen-bond acceptors (Lipinski definition) is 4. The van der Waals surface area contributed by atoms with Crippen LogP contribution in [0.1, 0.15) is 16.7 Å². The average Bonchev–Trinajstić information content (AvgIpc) is 2.74. The summed E-state index contributed by atoms with van der Waals surface area (Å²) in [6, 6.07) is 18.2. The molecule has 4 aromatic rings. The molecule has 0 saturated carbocycles.